The lowest BCUT2D eigenvalue weighted by atomic mass is 10.2. The molecule has 0 atom stereocenters. The molecule has 0 bridgehead atoms. The molecule has 0 unspecified atom stereocenters. The van der Waals surface area contributed by atoms with Crippen LogP contribution in [0.25, 0.3) is 0 Å². The van der Waals surface area contributed by atoms with Gasteiger partial charge in [-0.05, 0) is 60.9 Å². The highest BCUT2D eigenvalue weighted by Crippen LogP contribution is 2.30. The second kappa shape index (κ2) is 6.24. The van der Waals surface area contributed by atoms with Crippen molar-refractivity contribution in [2.75, 3.05) is 0 Å². The fourth-order valence-electron chi connectivity index (χ4n) is 1.86. The highest BCUT2D eigenvalue weighted by atomic mass is 79.9. The molecular formula is C15H16BrN3S. The van der Waals surface area contributed by atoms with Gasteiger partial charge in [0.25, 0.3) is 0 Å². The molecular weight excluding hydrogens is 334 g/mol. The Morgan fingerprint density at radius 2 is 2.05 bits per heavy atom. The molecule has 0 radical (unpaired) electrons. The van der Waals surface area contributed by atoms with Gasteiger partial charge in [0.2, 0.25) is 0 Å². The van der Waals surface area contributed by atoms with Crippen LogP contribution in [0.3, 0.4) is 0 Å². The monoisotopic (exact) mass is 349 g/mol. The number of rotatable bonds is 5. The third kappa shape index (κ3) is 3.81. The lowest BCUT2D eigenvalue weighted by Gasteiger charge is -2.10. The number of benzene rings is 1. The summed E-state index contributed by atoms with van der Waals surface area (Å²) in [7, 11) is 0. The third-order valence-corrected chi connectivity index (χ3v) is 4.64. The number of hydrogen-bond acceptors (Lipinski definition) is 4. The maximum atomic E-state index is 4.36. The molecule has 0 amide bonds. The van der Waals surface area contributed by atoms with Crippen LogP contribution in [-0.2, 0) is 6.54 Å². The summed E-state index contributed by atoms with van der Waals surface area (Å²) in [6, 6.07) is 7.08. The average molecular weight is 350 g/mol. The van der Waals surface area contributed by atoms with Crippen molar-refractivity contribution in [2.45, 2.75) is 42.4 Å². The van der Waals surface area contributed by atoms with Crippen molar-refractivity contribution >= 4 is 27.7 Å². The quantitative estimate of drug-likeness (QED) is 0.829. The number of aryl methyl sites for hydroxylation is 1. The molecule has 20 heavy (non-hydrogen) atoms. The zero-order valence-corrected chi connectivity index (χ0v) is 13.7. The van der Waals surface area contributed by atoms with Crippen LogP contribution in [0.1, 0.15) is 24.0 Å². The maximum Gasteiger partial charge on any atom is 0.192 e. The van der Waals surface area contributed by atoms with Gasteiger partial charge in [-0.3, -0.25) is 0 Å². The Labute approximate surface area is 131 Å². The van der Waals surface area contributed by atoms with E-state index in [1.54, 1.807) is 11.8 Å². The minimum Gasteiger partial charge on any atom is -0.310 e. The molecule has 1 fully saturated rings. The topological polar surface area (TPSA) is 37.8 Å². The molecule has 1 aliphatic carbocycles. The molecule has 0 aliphatic heterocycles. The van der Waals surface area contributed by atoms with Crippen LogP contribution in [0.2, 0.25) is 0 Å². The number of nitrogens with one attached hydrogen (secondary N) is 1. The zero-order valence-electron chi connectivity index (χ0n) is 11.3. The van der Waals surface area contributed by atoms with Crippen molar-refractivity contribution in [1.29, 1.82) is 0 Å². The first-order valence-corrected chi connectivity index (χ1v) is 8.30. The Morgan fingerprint density at radius 1 is 1.30 bits per heavy atom. The van der Waals surface area contributed by atoms with Gasteiger partial charge in [0.1, 0.15) is 0 Å². The van der Waals surface area contributed by atoms with E-state index < -0.39 is 0 Å². The predicted molar refractivity (Wildman–Crippen MR) is 84.9 cm³/mol. The molecule has 1 heterocycles. The van der Waals surface area contributed by atoms with E-state index in [-0.39, 0.29) is 0 Å². The van der Waals surface area contributed by atoms with Crippen LogP contribution in [0.15, 0.2) is 45.1 Å². The Balaban J connectivity index is 1.77. The third-order valence-electron chi connectivity index (χ3n) is 3.14. The molecule has 0 saturated heterocycles. The van der Waals surface area contributed by atoms with Gasteiger partial charge in [0.05, 0.1) is 0 Å². The van der Waals surface area contributed by atoms with Gasteiger partial charge < -0.3 is 5.32 Å². The smallest absolute Gasteiger partial charge is 0.192 e. The first kappa shape index (κ1) is 14.0. The zero-order chi connectivity index (χ0) is 13.9. The first-order chi connectivity index (χ1) is 9.70. The van der Waals surface area contributed by atoms with Gasteiger partial charge >= 0.3 is 0 Å². The van der Waals surface area contributed by atoms with E-state index in [9.17, 15) is 0 Å². The van der Waals surface area contributed by atoms with Gasteiger partial charge in [-0.2, -0.15) is 0 Å². The summed E-state index contributed by atoms with van der Waals surface area (Å²) in [5.41, 5.74) is 2.38. The van der Waals surface area contributed by atoms with Crippen molar-refractivity contribution in [2.24, 2.45) is 0 Å². The van der Waals surface area contributed by atoms with Gasteiger partial charge in [0.15, 0.2) is 5.16 Å². The van der Waals surface area contributed by atoms with E-state index in [0.717, 1.165) is 21.7 Å². The van der Waals surface area contributed by atoms with Crippen LogP contribution in [0.4, 0.5) is 0 Å². The molecule has 1 saturated carbocycles. The van der Waals surface area contributed by atoms with E-state index in [1.165, 1.54) is 23.3 Å². The van der Waals surface area contributed by atoms with Crippen molar-refractivity contribution in [3.05, 3.63) is 46.2 Å². The average Bonchev–Trinajstić information content (AvgIpc) is 3.25. The Hall–Kier alpha value is -0.910. The van der Waals surface area contributed by atoms with Gasteiger partial charge in [-0.1, -0.05) is 15.9 Å². The van der Waals surface area contributed by atoms with Crippen molar-refractivity contribution in [1.82, 2.24) is 15.3 Å². The van der Waals surface area contributed by atoms with E-state index >= 15 is 0 Å². The van der Waals surface area contributed by atoms with Crippen LogP contribution in [0, 0.1) is 6.92 Å². The predicted octanol–water partition coefficient (Wildman–Crippen LogP) is 3.95. The highest BCUT2D eigenvalue weighted by Gasteiger charge is 2.20. The van der Waals surface area contributed by atoms with Gasteiger partial charge in [0, 0.05) is 34.3 Å². The van der Waals surface area contributed by atoms with Crippen molar-refractivity contribution < 1.29 is 0 Å². The summed E-state index contributed by atoms with van der Waals surface area (Å²) in [5, 5.41) is 4.36. The largest absolute Gasteiger partial charge is 0.310 e. The summed E-state index contributed by atoms with van der Waals surface area (Å²) in [5.74, 6) is 0. The molecule has 3 rings (SSSR count). The number of nitrogens with zero attached hydrogens (tertiary/aromatic N) is 2. The van der Waals surface area contributed by atoms with E-state index in [0.29, 0.717) is 6.04 Å². The maximum absolute atomic E-state index is 4.36. The van der Waals surface area contributed by atoms with Crippen LogP contribution in [-0.4, -0.2) is 16.0 Å². The Morgan fingerprint density at radius 3 is 2.75 bits per heavy atom. The lowest BCUT2D eigenvalue weighted by Crippen LogP contribution is -2.15. The summed E-state index contributed by atoms with van der Waals surface area (Å²) in [6.07, 6.45) is 6.32. The highest BCUT2D eigenvalue weighted by molar-refractivity contribution is 9.10. The van der Waals surface area contributed by atoms with E-state index in [2.05, 4.69) is 49.4 Å². The molecule has 0 spiro atoms. The summed E-state index contributed by atoms with van der Waals surface area (Å²) < 4.78 is 1.11. The number of aromatic nitrogens is 2. The minimum absolute atomic E-state index is 0.711. The molecule has 1 aliphatic rings. The molecule has 1 N–H and O–H groups in total. The molecule has 3 nitrogen and oxygen atoms in total. The fourth-order valence-corrected chi connectivity index (χ4v) is 3.07. The minimum atomic E-state index is 0.711. The molecule has 5 heteroatoms. The lowest BCUT2D eigenvalue weighted by molar-refractivity contribution is 0.680. The SMILES string of the molecule is Cc1cnc(Sc2ccc(Br)cc2CNC2CC2)nc1. The van der Waals surface area contributed by atoms with Crippen molar-refractivity contribution in [3.63, 3.8) is 0 Å². The first-order valence-electron chi connectivity index (χ1n) is 6.69. The summed E-state index contributed by atoms with van der Waals surface area (Å²) in [4.78, 5) is 9.94. The van der Waals surface area contributed by atoms with E-state index in [1.807, 2.05) is 19.3 Å². The molecule has 2 aromatic rings. The molecule has 1 aromatic carbocycles. The summed E-state index contributed by atoms with van der Waals surface area (Å²) >= 11 is 5.17. The number of halogens is 1. The second-order valence-corrected chi connectivity index (χ2v) is 6.98. The van der Waals surface area contributed by atoms with Gasteiger partial charge in [-0.15, -0.1) is 0 Å². The normalized spacial score (nSPS) is 14.5. The second-order valence-electron chi connectivity index (χ2n) is 5.05. The standard InChI is InChI=1S/C15H16BrN3S/c1-10-7-18-15(19-8-10)20-14-5-2-12(16)6-11(14)9-17-13-3-4-13/h2,5-8,13,17H,3-4,9H2,1H3. The molecule has 1 aromatic heterocycles. The Bertz CT molecular complexity index is 597. The van der Waals surface area contributed by atoms with Crippen LogP contribution in [0.5, 0.6) is 0 Å². The van der Waals surface area contributed by atoms with Crippen LogP contribution >= 0.6 is 27.7 Å². The fraction of sp³-hybridized carbons (Fsp3) is 0.333. The molecule has 104 valence electrons. The van der Waals surface area contributed by atoms with E-state index in [4.69, 9.17) is 0 Å². The van der Waals surface area contributed by atoms with Crippen molar-refractivity contribution in [3.8, 4) is 0 Å². The summed E-state index contributed by atoms with van der Waals surface area (Å²) in [6.45, 7) is 2.90. The Kier molecular flexibility index (Phi) is 4.38. The van der Waals surface area contributed by atoms with Crippen LogP contribution < -0.4 is 5.32 Å². The number of hydrogen-bond donors (Lipinski definition) is 1. The van der Waals surface area contributed by atoms with Gasteiger partial charge in [-0.25, -0.2) is 9.97 Å².